The molecular formula is C25H26BrN3O2. The lowest BCUT2D eigenvalue weighted by molar-refractivity contribution is -0.122. The first-order valence-corrected chi connectivity index (χ1v) is 10.9. The molecule has 0 aromatic heterocycles. The number of rotatable bonds is 7. The number of aryl methyl sites for hydroxylation is 1. The number of carbonyl (C=O) groups excluding carboxylic acids is 2. The molecule has 31 heavy (non-hydrogen) atoms. The number of hydrogen-bond donors (Lipinski definition) is 2. The minimum absolute atomic E-state index is 0.102. The molecule has 2 amide bonds. The van der Waals surface area contributed by atoms with Crippen LogP contribution in [0.3, 0.4) is 0 Å². The van der Waals surface area contributed by atoms with Crippen molar-refractivity contribution in [2.24, 2.45) is 0 Å². The standard InChI is InChI=1S/C25H26BrN3O2/c1-17-15-20(26)13-14-22(17)27-24(30)16-29(3)18(2)25(31)28-23-12-8-7-11-21(23)19-9-5-4-6-10-19/h4-15,18H,16H2,1-3H3,(H,27,30)(H,28,31)/t18-/m0/s1. The van der Waals surface area contributed by atoms with Crippen LogP contribution in [0.15, 0.2) is 77.3 Å². The highest BCUT2D eigenvalue weighted by atomic mass is 79.9. The summed E-state index contributed by atoms with van der Waals surface area (Å²) in [5.41, 5.74) is 4.46. The maximum atomic E-state index is 12.9. The van der Waals surface area contributed by atoms with Crippen LogP contribution >= 0.6 is 15.9 Å². The zero-order valence-corrected chi connectivity index (χ0v) is 19.4. The van der Waals surface area contributed by atoms with Crippen LogP contribution in [-0.2, 0) is 9.59 Å². The van der Waals surface area contributed by atoms with Crippen molar-refractivity contribution in [1.82, 2.24) is 4.90 Å². The third-order valence-corrected chi connectivity index (χ3v) is 5.66. The van der Waals surface area contributed by atoms with Gasteiger partial charge in [-0.25, -0.2) is 0 Å². The van der Waals surface area contributed by atoms with Crippen molar-refractivity contribution in [1.29, 1.82) is 0 Å². The van der Waals surface area contributed by atoms with Crippen molar-refractivity contribution < 1.29 is 9.59 Å². The Kier molecular flexibility index (Phi) is 7.60. The molecule has 0 fully saturated rings. The predicted molar refractivity (Wildman–Crippen MR) is 130 cm³/mol. The Morgan fingerprint density at radius 3 is 2.32 bits per heavy atom. The summed E-state index contributed by atoms with van der Waals surface area (Å²) in [4.78, 5) is 27.1. The van der Waals surface area contributed by atoms with Crippen molar-refractivity contribution in [2.75, 3.05) is 24.2 Å². The molecule has 0 spiro atoms. The van der Waals surface area contributed by atoms with Crippen LogP contribution in [0.2, 0.25) is 0 Å². The molecule has 0 radical (unpaired) electrons. The first-order chi connectivity index (χ1) is 14.8. The number of nitrogens with one attached hydrogen (secondary N) is 2. The molecule has 0 heterocycles. The molecule has 0 aliphatic carbocycles. The van der Waals surface area contributed by atoms with Crippen molar-refractivity contribution in [3.63, 3.8) is 0 Å². The Morgan fingerprint density at radius 2 is 1.61 bits per heavy atom. The zero-order chi connectivity index (χ0) is 22.4. The molecule has 5 nitrogen and oxygen atoms in total. The number of para-hydroxylation sites is 1. The Balaban J connectivity index is 1.63. The number of hydrogen-bond acceptors (Lipinski definition) is 3. The molecule has 3 rings (SSSR count). The molecule has 3 aromatic carbocycles. The molecule has 0 aliphatic heterocycles. The largest absolute Gasteiger partial charge is 0.325 e. The SMILES string of the molecule is Cc1cc(Br)ccc1NC(=O)CN(C)[C@@H](C)C(=O)Nc1ccccc1-c1ccccc1. The van der Waals surface area contributed by atoms with Crippen LogP contribution in [0, 0.1) is 6.92 Å². The van der Waals surface area contributed by atoms with Gasteiger partial charge in [-0.3, -0.25) is 14.5 Å². The lowest BCUT2D eigenvalue weighted by Gasteiger charge is -2.24. The highest BCUT2D eigenvalue weighted by molar-refractivity contribution is 9.10. The van der Waals surface area contributed by atoms with Crippen molar-refractivity contribution in [3.8, 4) is 11.1 Å². The van der Waals surface area contributed by atoms with Crippen molar-refractivity contribution in [3.05, 3.63) is 82.8 Å². The Labute approximate surface area is 191 Å². The van der Waals surface area contributed by atoms with Gasteiger partial charge in [0.25, 0.3) is 0 Å². The normalized spacial score (nSPS) is 11.8. The maximum Gasteiger partial charge on any atom is 0.241 e. The zero-order valence-electron chi connectivity index (χ0n) is 17.9. The van der Waals surface area contributed by atoms with E-state index in [9.17, 15) is 9.59 Å². The van der Waals surface area contributed by atoms with E-state index in [1.165, 1.54) is 0 Å². The fraction of sp³-hybridized carbons (Fsp3) is 0.200. The number of halogens is 1. The van der Waals surface area contributed by atoms with Gasteiger partial charge in [-0.1, -0.05) is 64.5 Å². The summed E-state index contributed by atoms with van der Waals surface area (Å²) in [6.45, 7) is 3.83. The first kappa shape index (κ1) is 22.7. The van der Waals surface area contributed by atoms with Gasteiger partial charge < -0.3 is 10.6 Å². The molecule has 0 aliphatic rings. The molecule has 1 atom stereocenters. The Morgan fingerprint density at radius 1 is 0.935 bits per heavy atom. The molecule has 0 saturated heterocycles. The summed E-state index contributed by atoms with van der Waals surface area (Å²) in [6.07, 6.45) is 0. The van der Waals surface area contributed by atoms with E-state index >= 15 is 0 Å². The lowest BCUT2D eigenvalue weighted by Crippen LogP contribution is -2.43. The van der Waals surface area contributed by atoms with E-state index in [1.54, 1.807) is 18.9 Å². The molecule has 0 bridgehead atoms. The van der Waals surface area contributed by atoms with E-state index in [0.29, 0.717) is 0 Å². The molecule has 2 N–H and O–H groups in total. The van der Waals surface area contributed by atoms with Crippen LogP contribution in [0.25, 0.3) is 11.1 Å². The second-order valence-corrected chi connectivity index (χ2v) is 8.42. The molecular weight excluding hydrogens is 454 g/mol. The van der Waals surface area contributed by atoms with Gasteiger partial charge in [-0.15, -0.1) is 0 Å². The highest BCUT2D eigenvalue weighted by Gasteiger charge is 2.21. The van der Waals surface area contributed by atoms with E-state index in [4.69, 9.17) is 0 Å². The molecule has 0 unspecified atom stereocenters. The van der Waals surface area contributed by atoms with Crippen LogP contribution in [0.4, 0.5) is 11.4 Å². The van der Waals surface area contributed by atoms with Crippen LogP contribution < -0.4 is 10.6 Å². The average molecular weight is 480 g/mol. The topological polar surface area (TPSA) is 61.4 Å². The fourth-order valence-corrected chi connectivity index (χ4v) is 3.69. The van der Waals surface area contributed by atoms with Gasteiger partial charge in [0, 0.05) is 21.4 Å². The summed E-state index contributed by atoms with van der Waals surface area (Å²) >= 11 is 3.42. The molecule has 160 valence electrons. The van der Waals surface area contributed by atoms with Crippen LogP contribution in [-0.4, -0.2) is 36.3 Å². The number of amides is 2. The van der Waals surface area contributed by atoms with Gasteiger partial charge in [0.05, 0.1) is 12.6 Å². The number of benzene rings is 3. The van der Waals surface area contributed by atoms with Gasteiger partial charge in [0.2, 0.25) is 11.8 Å². The minimum atomic E-state index is -0.486. The Bertz CT molecular complexity index is 1070. The Hall–Kier alpha value is -2.96. The fourth-order valence-electron chi connectivity index (χ4n) is 3.22. The second kappa shape index (κ2) is 10.4. The van der Waals surface area contributed by atoms with Gasteiger partial charge in [0.1, 0.15) is 0 Å². The molecule has 0 saturated carbocycles. The summed E-state index contributed by atoms with van der Waals surface area (Å²) < 4.78 is 0.959. The van der Waals surface area contributed by atoms with Crippen molar-refractivity contribution in [2.45, 2.75) is 19.9 Å². The van der Waals surface area contributed by atoms with Gasteiger partial charge >= 0.3 is 0 Å². The van der Waals surface area contributed by atoms with Crippen LogP contribution in [0.1, 0.15) is 12.5 Å². The van der Waals surface area contributed by atoms with Gasteiger partial charge in [-0.2, -0.15) is 0 Å². The lowest BCUT2D eigenvalue weighted by atomic mass is 10.0. The molecule has 6 heteroatoms. The summed E-state index contributed by atoms with van der Waals surface area (Å²) in [7, 11) is 1.77. The van der Waals surface area contributed by atoms with E-state index < -0.39 is 6.04 Å². The number of nitrogens with zero attached hydrogens (tertiary/aromatic N) is 1. The smallest absolute Gasteiger partial charge is 0.241 e. The summed E-state index contributed by atoms with van der Waals surface area (Å²) in [6, 6.07) is 22.8. The van der Waals surface area contributed by atoms with E-state index in [1.807, 2.05) is 79.7 Å². The number of anilines is 2. The average Bonchev–Trinajstić information content (AvgIpc) is 2.76. The maximum absolute atomic E-state index is 12.9. The third-order valence-electron chi connectivity index (χ3n) is 5.17. The molecule has 3 aromatic rings. The quantitative estimate of drug-likeness (QED) is 0.481. The number of carbonyl (C=O) groups is 2. The van der Waals surface area contributed by atoms with Gasteiger partial charge in [-0.05, 0) is 56.3 Å². The van der Waals surface area contributed by atoms with E-state index in [-0.39, 0.29) is 18.4 Å². The second-order valence-electron chi connectivity index (χ2n) is 7.50. The van der Waals surface area contributed by atoms with E-state index in [0.717, 1.165) is 32.5 Å². The summed E-state index contributed by atoms with van der Waals surface area (Å²) in [5.74, 6) is -0.337. The highest BCUT2D eigenvalue weighted by Crippen LogP contribution is 2.27. The van der Waals surface area contributed by atoms with Crippen molar-refractivity contribution >= 4 is 39.1 Å². The number of likely N-dealkylation sites (N-methyl/N-ethyl adjacent to an activating group) is 1. The van der Waals surface area contributed by atoms with Crippen LogP contribution in [0.5, 0.6) is 0 Å². The van der Waals surface area contributed by atoms with Gasteiger partial charge in [0.15, 0.2) is 0 Å². The summed E-state index contributed by atoms with van der Waals surface area (Å²) in [5, 5.41) is 5.92. The monoisotopic (exact) mass is 479 g/mol. The third kappa shape index (κ3) is 6.03. The first-order valence-electron chi connectivity index (χ1n) is 10.1. The minimum Gasteiger partial charge on any atom is -0.325 e. The predicted octanol–water partition coefficient (Wildman–Crippen LogP) is 5.32. The van der Waals surface area contributed by atoms with E-state index in [2.05, 4.69) is 26.6 Å².